The smallest absolute Gasteiger partial charge is 0.330 e. The highest BCUT2D eigenvalue weighted by Gasteiger charge is 2.26. The largest absolute Gasteiger partial charge is 0.384 e. The summed E-state index contributed by atoms with van der Waals surface area (Å²) in [5.41, 5.74) is 0.293. The SMILES string of the molecule is COCC1CCN(C(=O)Nc2ccc3c(=O)n(C)c(=O)n(C)c3c2)C1. The molecule has 1 atom stereocenters. The predicted octanol–water partition coefficient (Wildman–Crippen LogP) is 0.737. The Hall–Kier alpha value is -2.61. The third kappa shape index (κ3) is 3.17. The number of carbonyl (C=O) groups excluding carboxylic acids is 1. The van der Waals surface area contributed by atoms with Crippen LogP contribution < -0.4 is 16.6 Å². The molecule has 1 aliphatic rings. The van der Waals surface area contributed by atoms with Crippen LogP contribution in [0.4, 0.5) is 10.5 Å². The fourth-order valence-corrected chi connectivity index (χ4v) is 3.25. The minimum Gasteiger partial charge on any atom is -0.384 e. The van der Waals surface area contributed by atoms with Crippen LogP contribution in [0.3, 0.4) is 0 Å². The molecule has 25 heavy (non-hydrogen) atoms. The first kappa shape index (κ1) is 17.2. The summed E-state index contributed by atoms with van der Waals surface area (Å²) in [7, 11) is 4.71. The zero-order valence-electron chi connectivity index (χ0n) is 14.6. The number of aryl methyl sites for hydroxylation is 1. The van der Waals surface area contributed by atoms with Gasteiger partial charge in [-0.2, -0.15) is 0 Å². The summed E-state index contributed by atoms with van der Waals surface area (Å²) in [6.07, 6.45) is 0.920. The van der Waals surface area contributed by atoms with E-state index in [1.807, 2.05) is 0 Å². The molecule has 0 bridgehead atoms. The molecule has 1 N–H and O–H groups in total. The molecule has 8 heteroatoms. The lowest BCUT2D eigenvalue weighted by Gasteiger charge is -2.18. The van der Waals surface area contributed by atoms with Crippen LogP contribution in [0.2, 0.25) is 0 Å². The van der Waals surface area contributed by atoms with Gasteiger partial charge >= 0.3 is 11.7 Å². The van der Waals surface area contributed by atoms with Crippen molar-refractivity contribution >= 4 is 22.6 Å². The van der Waals surface area contributed by atoms with Gasteiger partial charge in [0.25, 0.3) is 5.56 Å². The topological polar surface area (TPSA) is 85.6 Å². The first-order chi connectivity index (χ1) is 11.9. The number of anilines is 1. The number of rotatable bonds is 3. The van der Waals surface area contributed by atoms with E-state index < -0.39 is 5.69 Å². The van der Waals surface area contributed by atoms with Crippen LogP contribution >= 0.6 is 0 Å². The lowest BCUT2D eigenvalue weighted by molar-refractivity contribution is 0.154. The molecule has 0 saturated carbocycles. The van der Waals surface area contributed by atoms with Gasteiger partial charge in [-0.05, 0) is 24.6 Å². The second kappa shape index (κ2) is 6.72. The molecule has 1 unspecified atom stereocenters. The third-order valence-electron chi connectivity index (χ3n) is 4.69. The number of fused-ring (bicyclic) bond motifs is 1. The molecule has 0 radical (unpaired) electrons. The maximum atomic E-state index is 12.4. The van der Waals surface area contributed by atoms with Gasteiger partial charge in [-0.3, -0.25) is 13.9 Å². The molecule has 2 amide bonds. The van der Waals surface area contributed by atoms with Crippen LogP contribution in [0.15, 0.2) is 27.8 Å². The van der Waals surface area contributed by atoms with Crippen molar-refractivity contribution in [2.45, 2.75) is 6.42 Å². The van der Waals surface area contributed by atoms with Crippen molar-refractivity contribution in [3.05, 3.63) is 39.0 Å². The van der Waals surface area contributed by atoms with Crippen LogP contribution in [0.25, 0.3) is 10.9 Å². The fourth-order valence-electron chi connectivity index (χ4n) is 3.25. The Morgan fingerprint density at radius 3 is 2.76 bits per heavy atom. The average Bonchev–Trinajstić information content (AvgIpc) is 3.07. The van der Waals surface area contributed by atoms with E-state index in [2.05, 4.69) is 5.32 Å². The molecule has 2 heterocycles. The number of benzene rings is 1. The Bertz CT molecular complexity index is 931. The Morgan fingerprint density at radius 1 is 1.28 bits per heavy atom. The lowest BCUT2D eigenvalue weighted by Crippen LogP contribution is -2.37. The molecular formula is C17H22N4O4. The molecule has 1 aromatic carbocycles. The number of methoxy groups -OCH3 is 1. The van der Waals surface area contributed by atoms with E-state index in [0.717, 1.165) is 11.0 Å². The normalized spacial score (nSPS) is 17.2. The first-order valence-corrected chi connectivity index (χ1v) is 8.17. The number of carbonyl (C=O) groups is 1. The number of hydrogen-bond donors (Lipinski definition) is 1. The minimum absolute atomic E-state index is 0.188. The van der Waals surface area contributed by atoms with Crippen LogP contribution in [0.1, 0.15) is 6.42 Å². The highest BCUT2D eigenvalue weighted by atomic mass is 16.5. The second-order valence-corrected chi connectivity index (χ2v) is 6.42. The highest BCUT2D eigenvalue weighted by molar-refractivity contribution is 5.92. The number of urea groups is 1. The summed E-state index contributed by atoms with van der Waals surface area (Å²) in [6, 6.07) is 4.77. The van der Waals surface area contributed by atoms with E-state index in [1.165, 1.54) is 11.6 Å². The molecule has 134 valence electrons. The Balaban J connectivity index is 1.84. The van der Waals surface area contributed by atoms with Crippen LogP contribution in [0, 0.1) is 5.92 Å². The molecule has 3 rings (SSSR count). The van der Waals surface area contributed by atoms with Crippen LogP contribution in [-0.4, -0.2) is 46.9 Å². The van der Waals surface area contributed by atoms with Gasteiger partial charge in [-0.1, -0.05) is 0 Å². The molecule has 1 aromatic heterocycles. The maximum absolute atomic E-state index is 12.4. The molecule has 8 nitrogen and oxygen atoms in total. The summed E-state index contributed by atoms with van der Waals surface area (Å²) in [5, 5.41) is 3.28. The van der Waals surface area contributed by atoms with E-state index in [4.69, 9.17) is 4.74 Å². The van der Waals surface area contributed by atoms with Crippen molar-refractivity contribution < 1.29 is 9.53 Å². The molecule has 1 fully saturated rings. The van der Waals surface area contributed by atoms with E-state index in [9.17, 15) is 14.4 Å². The van der Waals surface area contributed by atoms with E-state index in [0.29, 0.717) is 42.2 Å². The Kier molecular flexibility index (Phi) is 4.63. The number of amides is 2. The van der Waals surface area contributed by atoms with Crippen LogP contribution in [-0.2, 0) is 18.8 Å². The zero-order chi connectivity index (χ0) is 18.1. The minimum atomic E-state index is -0.400. The van der Waals surface area contributed by atoms with E-state index in [-0.39, 0.29) is 11.6 Å². The van der Waals surface area contributed by atoms with Gasteiger partial charge in [0.1, 0.15) is 0 Å². The maximum Gasteiger partial charge on any atom is 0.330 e. The highest BCUT2D eigenvalue weighted by Crippen LogP contribution is 2.19. The van der Waals surface area contributed by atoms with Gasteiger partial charge in [0.05, 0.1) is 17.5 Å². The zero-order valence-corrected chi connectivity index (χ0v) is 14.6. The molecule has 1 saturated heterocycles. The number of ether oxygens (including phenoxy) is 1. The van der Waals surface area contributed by atoms with Gasteiger partial charge < -0.3 is 15.0 Å². The average molecular weight is 346 g/mol. The van der Waals surface area contributed by atoms with Crippen molar-refractivity contribution in [2.75, 3.05) is 32.1 Å². The number of likely N-dealkylation sites (tertiary alicyclic amines) is 1. The van der Waals surface area contributed by atoms with Crippen molar-refractivity contribution in [1.82, 2.24) is 14.0 Å². The summed E-state index contributed by atoms with van der Waals surface area (Å²) in [6.45, 7) is 1.99. The fraction of sp³-hybridized carbons (Fsp3) is 0.471. The summed E-state index contributed by atoms with van der Waals surface area (Å²) in [5.74, 6) is 0.358. The van der Waals surface area contributed by atoms with E-state index in [1.54, 1.807) is 37.3 Å². The first-order valence-electron chi connectivity index (χ1n) is 8.17. The van der Waals surface area contributed by atoms with Crippen molar-refractivity contribution in [3.63, 3.8) is 0 Å². The number of aromatic nitrogens is 2. The van der Waals surface area contributed by atoms with Crippen molar-refractivity contribution in [3.8, 4) is 0 Å². The standard InChI is InChI=1S/C17H22N4O4/c1-19-14-8-12(4-5-13(14)15(22)20(2)17(19)24)18-16(23)21-7-6-11(9-21)10-25-3/h4-5,8,11H,6-7,9-10H2,1-3H3,(H,18,23). The van der Waals surface area contributed by atoms with Gasteiger partial charge in [0, 0.05) is 45.9 Å². The summed E-state index contributed by atoms with van der Waals surface area (Å²) >= 11 is 0. The van der Waals surface area contributed by atoms with E-state index >= 15 is 0 Å². The van der Waals surface area contributed by atoms with Gasteiger partial charge in [-0.25, -0.2) is 9.59 Å². The number of nitrogens with one attached hydrogen (secondary N) is 1. The summed E-state index contributed by atoms with van der Waals surface area (Å²) < 4.78 is 7.61. The van der Waals surface area contributed by atoms with Crippen LogP contribution in [0.5, 0.6) is 0 Å². The summed E-state index contributed by atoms with van der Waals surface area (Å²) in [4.78, 5) is 38.4. The van der Waals surface area contributed by atoms with Crippen molar-refractivity contribution in [2.24, 2.45) is 20.0 Å². The molecule has 2 aromatic rings. The van der Waals surface area contributed by atoms with Gasteiger partial charge in [0.15, 0.2) is 0 Å². The molecule has 1 aliphatic heterocycles. The van der Waals surface area contributed by atoms with Gasteiger partial charge in [-0.15, -0.1) is 0 Å². The number of hydrogen-bond acceptors (Lipinski definition) is 4. The quantitative estimate of drug-likeness (QED) is 0.888. The predicted molar refractivity (Wildman–Crippen MR) is 95.0 cm³/mol. The molecular weight excluding hydrogens is 324 g/mol. The monoisotopic (exact) mass is 346 g/mol. The second-order valence-electron chi connectivity index (χ2n) is 6.42. The molecule has 0 spiro atoms. The third-order valence-corrected chi connectivity index (χ3v) is 4.69. The van der Waals surface area contributed by atoms with Crippen molar-refractivity contribution in [1.29, 1.82) is 0 Å². The number of nitrogens with zero attached hydrogens (tertiary/aromatic N) is 3. The Labute approximate surface area is 144 Å². The Morgan fingerprint density at radius 2 is 2.04 bits per heavy atom. The lowest BCUT2D eigenvalue weighted by atomic mass is 10.1. The van der Waals surface area contributed by atoms with Gasteiger partial charge in [0.2, 0.25) is 0 Å². The molecule has 0 aliphatic carbocycles.